The lowest BCUT2D eigenvalue weighted by Gasteiger charge is -2.40. The summed E-state index contributed by atoms with van der Waals surface area (Å²) in [5, 5.41) is 17.1. The van der Waals surface area contributed by atoms with Gasteiger partial charge in [-0.15, -0.1) is 0 Å². The van der Waals surface area contributed by atoms with E-state index >= 15 is 0 Å². The van der Waals surface area contributed by atoms with Crippen LogP contribution in [0.4, 0.5) is 0 Å². The Morgan fingerprint density at radius 3 is 2.58 bits per heavy atom. The zero-order valence-electron chi connectivity index (χ0n) is 10.6. The number of sulfonamides is 1. The minimum atomic E-state index is -3.83. The number of rotatable bonds is 4. The van der Waals surface area contributed by atoms with Gasteiger partial charge in [-0.3, -0.25) is 4.79 Å². The van der Waals surface area contributed by atoms with Crippen molar-refractivity contribution in [3.8, 4) is 0 Å². The molecule has 7 nitrogen and oxygen atoms in total. The van der Waals surface area contributed by atoms with Gasteiger partial charge in [0.15, 0.2) is 0 Å². The molecule has 8 heteroatoms. The molecule has 0 saturated heterocycles. The van der Waals surface area contributed by atoms with Gasteiger partial charge < -0.3 is 15.0 Å². The average Bonchev–Trinajstić information content (AvgIpc) is 2.65. The zero-order valence-corrected chi connectivity index (χ0v) is 11.4. The molecule has 0 spiro atoms. The van der Waals surface area contributed by atoms with Gasteiger partial charge in [0, 0.05) is 13.2 Å². The normalized spacial score (nSPS) is 17.8. The predicted octanol–water partition coefficient (Wildman–Crippen LogP) is -0.683. The maximum absolute atomic E-state index is 12.1. The van der Waals surface area contributed by atoms with Crippen molar-refractivity contribution in [1.29, 1.82) is 0 Å². The van der Waals surface area contributed by atoms with Crippen molar-refractivity contribution in [2.24, 2.45) is 12.2 Å². The van der Waals surface area contributed by atoms with E-state index in [0.29, 0.717) is 0 Å². The summed E-state index contributed by atoms with van der Waals surface area (Å²) in [5.41, 5.74) is -0.368. The van der Waals surface area contributed by atoms with Crippen LogP contribution in [0.2, 0.25) is 0 Å². The Bertz CT molecular complexity index is 596. The minimum absolute atomic E-state index is 0.105. The van der Waals surface area contributed by atoms with Crippen LogP contribution in [0.15, 0.2) is 17.2 Å². The molecule has 19 heavy (non-hydrogen) atoms. The van der Waals surface area contributed by atoms with Crippen molar-refractivity contribution in [2.75, 3.05) is 6.61 Å². The fraction of sp³-hybridized carbons (Fsp3) is 0.545. The van der Waals surface area contributed by atoms with Crippen molar-refractivity contribution >= 4 is 15.9 Å². The number of amides is 1. The van der Waals surface area contributed by atoms with Crippen LogP contribution in [0, 0.1) is 0 Å². The van der Waals surface area contributed by atoms with E-state index in [0.717, 1.165) is 19.3 Å². The van der Waals surface area contributed by atoms with Gasteiger partial charge in [-0.25, -0.2) is 13.6 Å². The second kappa shape index (κ2) is 4.62. The monoisotopic (exact) mass is 287 g/mol. The first kappa shape index (κ1) is 14.0. The molecule has 1 aromatic rings. The van der Waals surface area contributed by atoms with Gasteiger partial charge in [0.1, 0.15) is 10.6 Å². The van der Waals surface area contributed by atoms with Gasteiger partial charge in [-0.05, 0) is 25.3 Å². The first-order valence-corrected chi connectivity index (χ1v) is 7.45. The number of nitrogens with two attached hydrogens (primary N) is 1. The zero-order chi connectivity index (χ0) is 14.3. The van der Waals surface area contributed by atoms with E-state index in [4.69, 9.17) is 5.14 Å². The summed E-state index contributed by atoms with van der Waals surface area (Å²) in [4.78, 5) is 12.0. The Morgan fingerprint density at radius 1 is 1.58 bits per heavy atom. The molecule has 0 bridgehead atoms. The van der Waals surface area contributed by atoms with Gasteiger partial charge in [0.2, 0.25) is 10.0 Å². The van der Waals surface area contributed by atoms with Crippen LogP contribution >= 0.6 is 0 Å². The third-order valence-electron chi connectivity index (χ3n) is 3.53. The third-order valence-corrected chi connectivity index (χ3v) is 4.41. The molecule has 1 amide bonds. The van der Waals surface area contributed by atoms with Crippen molar-refractivity contribution < 1.29 is 18.3 Å². The first-order valence-electron chi connectivity index (χ1n) is 5.90. The predicted molar refractivity (Wildman–Crippen MR) is 67.9 cm³/mol. The van der Waals surface area contributed by atoms with Crippen LogP contribution in [0.1, 0.15) is 29.8 Å². The molecule has 1 fully saturated rings. The maximum atomic E-state index is 12.1. The second-order valence-corrected chi connectivity index (χ2v) is 6.52. The van der Waals surface area contributed by atoms with E-state index in [9.17, 15) is 18.3 Å². The number of primary sulfonamides is 1. The van der Waals surface area contributed by atoms with E-state index in [1.807, 2.05) is 0 Å². The molecule has 0 radical (unpaired) electrons. The number of hydrogen-bond acceptors (Lipinski definition) is 4. The van der Waals surface area contributed by atoms with Crippen molar-refractivity contribution in [1.82, 2.24) is 9.88 Å². The molecule has 0 aromatic carbocycles. The largest absolute Gasteiger partial charge is 0.394 e. The lowest BCUT2D eigenvalue weighted by atomic mass is 9.77. The molecule has 2 rings (SSSR count). The van der Waals surface area contributed by atoms with Crippen LogP contribution in [0.5, 0.6) is 0 Å². The maximum Gasteiger partial charge on any atom is 0.268 e. The highest BCUT2D eigenvalue weighted by atomic mass is 32.2. The molecular formula is C11H17N3O4S. The molecule has 1 heterocycles. The van der Waals surface area contributed by atoms with Gasteiger partial charge in [0.25, 0.3) is 5.91 Å². The lowest BCUT2D eigenvalue weighted by Crippen LogP contribution is -2.56. The quantitative estimate of drug-likeness (QED) is 0.680. The smallest absolute Gasteiger partial charge is 0.268 e. The second-order valence-electron chi connectivity index (χ2n) is 4.96. The van der Waals surface area contributed by atoms with Gasteiger partial charge in [0.05, 0.1) is 12.1 Å². The highest BCUT2D eigenvalue weighted by molar-refractivity contribution is 7.89. The van der Waals surface area contributed by atoms with Crippen molar-refractivity contribution in [2.45, 2.75) is 29.7 Å². The molecule has 0 atom stereocenters. The Morgan fingerprint density at radius 2 is 2.21 bits per heavy atom. The summed E-state index contributed by atoms with van der Waals surface area (Å²) in [5.74, 6) is -0.411. The summed E-state index contributed by atoms with van der Waals surface area (Å²) in [6.07, 6.45) is 3.69. The van der Waals surface area contributed by atoms with Gasteiger partial charge in [-0.2, -0.15) is 0 Å². The average molecular weight is 287 g/mol. The van der Waals surface area contributed by atoms with Crippen LogP contribution in [-0.2, 0) is 17.1 Å². The van der Waals surface area contributed by atoms with Crippen LogP contribution in [-0.4, -0.2) is 36.1 Å². The topological polar surface area (TPSA) is 114 Å². The lowest BCUT2D eigenvalue weighted by molar-refractivity contribution is 0.0635. The summed E-state index contributed by atoms with van der Waals surface area (Å²) >= 11 is 0. The molecular weight excluding hydrogens is 270 g/mol. The number of nitrogens with one attached hydrogen (secondary N) is 1. The highest BCUT2D eigenvalue weighted by Gasteiger charge is 2.38. The summed E-state index contributed by atoms with van der Waals surface area (Å²) in [7, 11) is -2.26. The SMILES string of the molecule is Cn1cc(S(N)(=O)=O)cc1C(=O)NC1(CO)CCC1. The summed E-state index contributed by atoms with van der Waals surface area (Å²) < 4.78 is 23.8. The standard InChI is InChI=1S/C11H17N3O4S/c1-14-6-8(19(12,17)18)5-9(14)10(16)13-11(7-15)3-2-4-11/h5-6,15H,2-4,7H2,1H3,(H,13,16)(H2,12,17,18). The molecule has 1 saturated carbocycles. The Kier molecular flexibility index (Phi) is 3.41. The number of hydrogen-bond donors (Lipinski definition) is 3. The molecule has 0 aliphatic heterocycles. The Hall–Kier alpha value is -1.38. The van der Waals surface area contributed by atoms with Gasteiger partial charge >= 0.3 is 0 Å². The Balaban J connectivity index is 2.22. The van der Waals surface area contributed by atoms with E-state index in [1.165, 1.54) is 16.8 Å². The van der Waals surface area contributed by atoms with Crippen molar-refractivity contribution in [3.05, 3.63) is 18.0 Å². The molecule has 1 aliphatic rings. The third kappa shape index (κ3) is 2.65. The minimum Gasteiger partial charge on any atom is -0.394 e. The molecule has 106 valence electrons. The first-order chi connectivity index (χ1) is 8.77. The summed E-state index contributed by atoms with van der Waals surface area (Å²) in [6, 6.07) is 1.23. The molecule has 1 aliphatic carbocycles. The number of carbonyl (C=O) groups excluding carboxylic acids is 1. The Labute approximate surface area is 111 Å². The number of carbonyl (C=O) groups is 1. The molecule has 0 unspecified atom stereocenters. The number of aliphatic hydroxyl groups is 1. The fourth-order valence-corrected chi connectivity index (χ4v) is 2.73. The van der Waals surface area contributed by atoms with Crippen LogP contribution < -0.4 is 10.5 Å². The molecule has 4 N–H and O–H groups in total. The number of nitrogens with zero attached hydrogens (tertiary/aromatic N) is 1. The number of aliphatic hydroxyl groups excluding tert-OH is 1. The molecule has 1 aromatic heterocycles. The van der Waals surface area contributed by atoms with E-state index in [1.54, 1.807) is 7.05 Å². The van der Waals surface area contributed by atoms with Crippen LogP contribution in [0.3, 0.4) is 0 Å². The number of aromatic nitrogens is 1. The fourth-order valence-electron chi connectivity index (χ4n) is 2.15. The summed E-state index contributed by atoms with van der Waals surface area (Å²) in [6.45, 7) is -0.120. The van der Waals surface area contributed by atoms with Gasteiger partial charge in [-0.1, -0.05) is 0 Å². The highest BCUT2D eigenvalue weighted by Crippen LogP contribution is 2.31. The van der Waals surface area contributed by atoms with E-state index in [-0.39, 0.29) is 17.2 Å². The number of aryl methyl sites for hydroxylation is 1. The van der Waals surface area contributed by atoms with E-state index < -0.39 is 21.5 Å². The van der Waals surface area contributed by atoms with Crippen LogP contribution in [0.25, 0.3) is 0 Å². The van der Waals surface area contributed by atoms with Crippen molar-refractivity contribution in [3.63, 3.8) is 0 Å². The van der Waals surface area contributed by atoms with E-state index in [2.05, 4.69) is 5.32 Å².